The van der Waals surface area contributed by atoms with Crippen molar-refractivity contribution in [1.29, 1.82) is 0 Å². The standard InChI is InChI=1S/C16H17ClFN/c1-10-7-11(2)16(12(3)8-10)19-9-13-14(17)5-4-6-15(13)18/h4-8,19H,9H2,1-3H3. The van der Waals surface area contributed by atoms with E-state index >= 15 is 0 Å². The van der Waals surface area contributed by atoms with Gasteiger partial charge in [0.2, 0.25) is 0 Å². The van der Waals surface area contributed by atoms with Crippen LogP contribution in [0.4, 0.5) is 10.1 Å². The number of benzene rings is 2. The summed E-state index contributed by atoms with van der Waals surface area (Å²) in [6, 6.07) is 8.97. The Hall–Kier alpha value is -1.54. The van der Waals surface area contributed by atoms with Crippen LogP contribution >= 0.6 is 11.6 Å². The fourth-order valence-electron chi connectivity index (χ4n) is 2.34. The molecular formula is C16H17ClFN. The van der Waals surface area contributed by atoms with Gasteiger partial charge in [-0.3, -0.25) is 0 Å². The van der Waals surface area contributed by atoms with E-state index in [-0.39, 0.29) is 5.82 Å². The zero-order chi connectivity index (χ0) is 14.0. The van der Waals surface area contributed by atoms with Crippen molar-refractivity contribution in [1.82, 2.24) is 0 Å². The SMILES string of the molecule is Cc1cc(C)c(NCc2c(F)cccc2Cl)c(C)c1. The van der Waals surface area contributed by atoms with Gasteiger partial charge in [-0.05, 0) is 44.0 Å². The Kier molecular flexibility index (Phi) is 4.11. The topological polar surface area (TPSA) is 12.0 Å². The van der Waals surface area contributed by atoms with Gasteiger partial charge in [0, 0.05) is 22.8 Å². The van der Waals surface area contributed by atoms with Crippen molar-refractivity contribution < 1.29 is 4.39 Å². The average Bonchev–Trinajstić information content (AvgIpc) is 2.31. The lowest BCUT2D eigenvalue weighted by atomic mass is 10.0. The minimum atomic E-state index is -0.276. The van der Waals surface area contributed by atoms with E-state index in [0.29, 0.717) is 17.1 Å². The first-order chi connectivity index (χ1) is 8.99. The normalized spacial score (nSPS) is 10.6. The fraction of sp³-hybridized carbons (Fsp3) is 0.250. The molecule has 0 unspecified atom stereocenters. The third-order valence-corrected chi connectivity index (χ3v) is 3.53. The highest BCUT2D eigenvalue weighted by Crippen LogP contribution is 2.25. The van der Waals surface area contributed by atoms with Crippen LogP contribution in [0, 0.1) is 26.6 Å². The van der Waals surface area contributed by atoms with Crippen LogP contribution in [0.3, 0.4) is 0 Å². The fourth-order valence-corrected chi connectivity index (χ4v) is 2.57. The van der Waals surface area contributed by atoms with Crippen molar-refractivity contribution in [2.45, 2.75) is 27.3 Å². The number of aryl methyl sites for hydroxylation is 3. The van der Waals surface area contributed by atoms with E-state index in [2.05, 4.69) is 24.4 Å². The Morgan fingerprint density at radius 2 is 1.74 bits per heavy atom. The summed E-state index contributed by atoms with van der Waals surface area (Å²) in [6.45, 7) is 6.55. The second-order valence-corrected chi connectivity index (χ2v) is 5.23. The van der Waals surface area contributed by atoms with Gasteiger partial charge in [0.05, 0.1) is 0 Å². The van der Waals surface area contributed by atoms with Gasteiger partial charge >= 0.3 is 0 Å². The van der Waals surface area contributed by atoms with Gasteiger partial charge in [-0.25, -0.2) is 4.39 Å². The van der Waals surface area contributed by atoms with Gasteiger partial charge in [0.15, 0.2) is 0 Å². The molecule has 0 aromatic heterocycles. The van der Waals surface area contributed by atoms with Crippen LogP contribution in [-0.2, 0) is 6.54 Å². The molecule has 0 saturated carbocycles. The number of hydrogen-bond acceptors (Lipinski definition) is 1. The maximum absolute atomic E-state index is 13.7. The van der Waals surface area contributed by atoms with Gasteiger partial charge in [-0.15, -0.1) is 0 Å². The van der Waals surface area contributed by atoms with E-state index in [9.17, 15) is 4.39 Å². The zero-order valence-corrected chi connectivity index (χ0v) is 12.1. The molecule has 100 valence electrons. The summed E-state index contributed by atoms with van der Waals surface area (Å²) in [7, 11) is 0. The smallest absolute Gasteiger partial charge is 0.129 e. The van der Waals surface area contributed by atoms with Crippen molar-refractivity contribution in [2.75, 3.05) is 5.32 Å². The molecule has 0 spiro atoms. The maximum atomic E-state index is 13.7. The van der Waals surface area contributed by atoms with Crippen LogP contribution < -0.4 is 5.32 Å². The molecule has 1 nitrogen and oxygen atoms in total. The Labute approximate surface area is 118 Å². The molecule has 2 aromatic rings. The lowest BCUT2D eigenvalue weighted by molar-refractivity contribution is 0.613. The minimum absolute atomic E-state index is 0.276. The molecule has 0 radical (unpaired) electrons. The lowest BCUT2D eigenvalue weighted by Crippen LogP contribution is -2.05. The molecule has 0 bridgehead atoms. The Bertz CT molecular complexity index is 564. The van der Waals surface area contributed by atoms with Crippen molar-refractivity contribution in [3.05, 3.63) is 63.4 Å². The highest BCUT2D eigenvalue weighted by atomic mass is 35.5. The molecule has 2 rings (SSSR count). The van der Waals surface area contributed by atoms with Crippen LogP contribution in [0.2, 0.25) is 5.02 Å². The first kappa shape index (κ1) is 13.9. The molecule has 0 heterocycles. The number of anilines is 1. The highest BCUT2D eigenvalue weighted by molar-refractivity contribution is 6.31. The van der Waals surface area contributed by atoms with E-state index in [1.165, 1.54) is 11.6 Å². The first-order valence-corrected chi connectivity index (χ1v) is 6.61. The first-order valence-electron chi connectivity index (χ1n) is 6.23. The number of hydrogen-bond donors (Lipinski definition) is 1. The zero-order valence-electron chi connectivity index (χ0n) is 11.3. The lowest BCUT2D eigenvalue weighted by Gasteiger charge is -2.15. The molecule has 0 saturated heterocycles. The van der Waals surface area contributed by atoms with Crippen LogP contribution in [0.15, 0.2) is 30.3 Å². The van der Waals surface area contributed by atoms with Crippen molar-refractivity contribution in [3.8, 4) is 0 Å². The summed E-state index contributed by atoms with van der Waals surface area (Å²) in [5.74, 6) is -0.276. The van der Waals surface area contributed by atoms with Crippen LogP contribution in [0.25, 0.3) is 0 Å². The van der Waals surface area contributed by atoms with Crippen LogP contribution in [0.5, 0.6) is 0 Å². The second kappa shape index (κ2) is 5.62. The van der Waals surface area contributed by atoms with Crippen molar-refractivity contribution in [2.24, 2.45) is 0 Å². The molecule has 0 aliphatic heterocycles. The quantitative estimate of drug-likeness (QED) is 0.831. The third kappa shape index (κ3) is 3.07. The molecular weight excluding hydrogens is 261 g/mol. The summed E-state index contributed by atoms with van der Waals surface area (Å²) >= 11 is 6.02. The van der Waals surface area contributed by atoms with Crippen LogP contribution in [-0.4, -0.2) is 0 Å². The van der Waals surface area contributed by atoms with E-state index in [1.54, 1.807) is 12.1 Å². The maximum Gasteiger partial charge on any atom is 0.129 e. The van der Waals surface area contributed by atoms with Crippen molar-refractivity contribution in [3.63, 3.8) is 0 Å². The van der Waals surface area contributed by atoms with Crippen molar-refractivity contribution >= 4 is 17.3 Å². The third-order valence-electron chi connectivity index (χ3n) is 3.18. The van der Waals surface area contributed by atoms with Crippen LogP contribution in [0.1, 0.15) is 22.3 Å². The summed E-state index contributed by atoms with van der Waals surface area (Å²) < 4.78 is 13.7. The highest BCUT2D eigenvalue weighted by Gasteiger charge is 2.08. The van der Waals surface area contributed by atoms with Gasteiger partial charge in [-0.2, -0.15) is 0 Å². The minimum Gasteiger partial charge on any atom is -0.380 e. The average molecular weight is 278 g/mol. The molecule has 0 aliphatic rings. The molecule has 2 aromatic carbocycles. The van der Waals surface area contributed by atoms with Gasteiger partial charge in [0.1, 0.15) is 5.82 Å². The molecule has 3 heteroatoms. The van der Waals surface area contributed by atoms with Gasteiger partial charge in [-0.1, -0.05) is 35.4 Å². The Balaban J connectivity index is 2.24. The molecule has 19 heavy (non-hydrogen) atoms. The Morgan fingerprint density at radius 3 is 2.32 bits per heavy atom. The number of halogens is 2. The summed E-state index contributed by atoms with van der Waals surface area (Å²) in [4.78, 5) is 0. The predicted molar refractivity (Wildman–Crippen MR) is 79.4 cm³/mol. The molecule has 0 fully saturated rings. The summed E-state index contributed by atoms with van der Waals surface area (Å²) in [5.41, 5.74) is 5.09. The Morgan fingerprint density at radius 1 is 1.11 bits per heavy atom. The number of nitrogens with one attached hydrogen (secondary N) is 1. The van der Waals surface area contributed by atoms with E-state index in [1.807, 2.05) is 13.8 Å². The van der Waals surface area contributed by atoms with Gasteiger partial charge < -0.3 is 5.32 Å². The predicted octanol–water partition coefficient (Wildman–Crippen LogP) is 5.02. The molecule has 0 aliphatic carbocycles. The van der Waals surface area contributed by atoms with E-state index in [0.717, 1.165) is 16.8 Å². The molecule has 0 amide bonds. The number of rotatable bonds is 3. The molecule has 0 atom stereocenters. The monoisotopic (exact) mass is 277 g/mol. The van der Waals surface area contributed by atoms with Gasteiger partial charge in [0.25, 0.3) is 0 Å². The summed E-state index contributed by atoms with van der Waals surface area (Å²) in [5, 5.41) is 3.74. The second-order valence-electron chi connectivity index (χ2n) is 4.83. The summed E-state index contributed by atoms with van der Waals surface area (Å²) in [6.07, 6.45) is 0. The largest absolute Gasteiger partial charge is 0.380 e. The molecule has 1 N–H and O–H groups in total. The van der Waals surface area contributed by atoms with E-state index < -0.39 is 0 Å². The van der Waals surface area contributed by atoms with E-state index in [4.69, 9.17) is 11.6 Å².